The van der Waals surface area contributed by atoms with E-state index in [9.17, 15) is 13.2 Å². The summed E-state index contributed by atoms with van der Waals surface area (Å²) in [5.41, 5.74) is 0.857. The van der Waals surface area contributed by atoms with Crippen molar-refractivity contribution in [3.63, 3.8) is 0 Å². The molecule has 1 aromatic heterocycles. The fourth-order valence-electron chi connectivity index (χ4n) is 2.15. The molecule has 2 aromatic carbocycles. The SMILES string of the molecule is FC(F)(F)c1cnc(Nc2ccccc2)c(Nc2ccccc2)c1. The standard InChI is InChI=1S/C18H14F3N3/c19-18(20,21)13-11-16(23-14-7-3-1-4-8-14)17(22-12-13)24-15-9-5-2-6-10-15/h1-12,23H,(H,22,24). The normalized spacial score (nSPS) is 11.1. The van der Waals surface area contributed by atoms with Crippen molar-refractivity contribution in [2.75, 3.05) is 10.6 Å². The number of hydrogen-bond donors (Lipinski definition) is 2. The van der Waals surface area contributed by atoms with E-state index in [-0.39, 0.29) is 5.69 Å². The van der Waals surface area contributed by atoms with Gasteiger partial charge in [-0.3, -0.25) is 0 Å². The number of anilines is 4. The summed E-state index contributed by atoms with van der Waals surface area (Å²) >= 11 is 0. The van der Waals surface area contributed by atoms with E-state index in [1.54, 1.807) is 24.3 Å². The summed E-state index contributed by atoms with van der Waals surface area (Å²) in [6, 6.07) is 19.2. The van der Waals surface area contributed by atoms with Crippen molar-refractivity contribution in [1.29, 1.82) is 0 Å². The van der Waals surface area contributed by atoms with Crippen LogP contribution in [-0.4, -0.2) is 4.98 Å². The fraction of sp³-hybridized carbons (Fsp3) is 0.0556. The van der Waals surface area contributed by atoms with Crippen molar-refractivity contribution < 1.29 is 13.2 Å². The lowest BCUT2D eigenvalue weighted by Crippen LogP contribution is -2.08. The number of aromatic nitrogens is 1. The number of para-hydroxylation sites is 2. The van der Waals surface area contributed by atoms with Gasteiger partial charge in [0.15, 0.2) is 5.82 Å². The van der Waals surface area contributed by atoms with Crippen LogP contribution in [0.25, 0.3) is 0 Å². The fourth-order valence-corrected chi connectivity index (χ4v) is 2.15. The Balaban J connectivity index is 1.97. The van der Waals surface area contributed by atoms with Crippen LogP contribution in [0, 0.1) is 0 Å². The van der Waals surface area contributed by atoms with E-state index in [1.807, 2.05) is 36.4 Å². The quantitative estimate of drug-likeness (QED) is 0.655. The molecule has 122 valence electrons. The maximum Gasteiger partial charge on any atom is 0.417 e. The first-order valence-electron chi connectivity index (χ1n) is 7.24. The molecule has 0 atom stereocenters. The molecule has 0 aliphatic heterocycles. The highest BCUT2D eigenvalue weighted by Gasteiger charge is 2.31. The zero-order chi connectivity index (χ0) is 17.0. The van der Waals surface area contributed by atoms with Gasteiger partial charge < -0.3 is 10.6 Å². The second kappa shape index (κ2) is 6.62. The van der Waals surface area contributed by atoms with Gasteiger partial charge in [0.25, 0.3) is 0 Å². The van der Waals surface area contributed by atoms with Crippen molar-refractivity contribution in [3.8, 4) is 0 Å². The van der Waals surface area contributed by atoms with Crippen LogP contribution in [0.4, 0.5) is 36.1 Å². The molecule has 0 saturated heterocycles. The first-order chi connectivity index (χ1) is 11.5. The zero-order valence-electron chi connectivity index (χ0n) is 12.5. The van der Waals surface area contributed by atoms with E-state index in [2.05, 4.69) is 15.6 Å². The van der Waals surface area contributed by atoms with E-state index in [0.717, 1.165) is 18.0 Å². The lowest BCUT2D eigenvalue weighted by Gasteiger charge is -2.15. The van der Waals surface area contributed by atoms with Gasteiger partial charge in [0.2, 0.25) is 0 Å². The van der Waals surface area contributed by atoms with E-state index >= 15 is 0 Å². The molecule has 0 fully saturated rings. The van der Waals surface area contributed by atoms with Crippen LogP contribution in [0.1, 0.15) is 5.56 Å². The molecular weight excluding hydrogens is 315 g/mol. The van der Waals surface area contributed by atoms with Crippen molar-refractivity contribution in [3.05, 3.63) is 78.5 Å². The van der Waals surface area contributed by atoms with Gasteiger partial charge in [-0.25, -0.2) is 4.98 Å². The number of alkyl halides is 3. The Morgan fingerprint density at radius 1 is 0.750 bits per heavy atom. The highest BCUT2D eigenvalue weighted by molar-refractivity contribution is 5.75. The van der Waals surface area contributed by atoms with E-state index in [1.165, 1.54) is 0 Å². The smallest absolute Gasteiger partial charge is 0.352 e. The minimum Gasteiger partial charge on any atom is -0.352 e. The minimum atomic E-state index is -4.45. The largest absolute Gasteiger partial charge is 0.417 e. The monoisotopic (exact) mass is 329 g/mol. The van der Waals surface area contributed by atoms with Crippen LogP contribution in [0.3, 0.4) is 0 Å². The molecule has 0 aliphatic carbocycles. The second-order valence-corrected chi connectivity index (χ2v) is 5.10. The molecule has 6 heteroatoms. The molecule has 0 unspecified atom stereocenters. The molecule has 3 nitrogen and oxygen atoms in total. The lowest BCUT2D eigenvalue weighted by molar-refractivity contribution is -0.137. The van der Waals surface area contributed by atoms with E-state index in [0.29, 0.717) is 11.5 Å². The Labute approximate surface area is 137 Å². The number of benzene rings is 2. The number of halogens is 3. The highest BCUT2D eigenvalue weighted by Crippen LogP contribution is 2.34. The molecular formula is C18H14F3N3. The summed E-state index contributed by atoms with van der Waals surface area (Å²) < 4.78 is 38.9. The number of rotatable bonds is 4. The maximum absolute atomic E-state index is 13.0. The predicted molar refractivity (Wildman–Crippen MR) is 88.7 cm³/mol. The maximum atomic E-state index is 13.0. The average molecular weight is 329 g/mol. The van der Waals surface area contributed by atoms with Crippen molar-refractivity contribution in [2.45, 2.75) is 6.18 Å². The summed E-state index contributed by atoms with van der Waals surface area (Å²) in [5, 5.41) is 6.01. The molecule has 0 aliphatic rings. The Bertz CT molecular complexity index is 803. The average Bonchev–Trinajstić information content (AvgIpc) is 2.57. The van der Waals surface area contributed by atoms with Gasteiger partial charge in [0.05, 0.1) is 11.3 Å². The molecule has 24 heavy (non-hydrogen) atoms. The zero-order valence-corrected chi connectivity index (χ0v) is 12.5. The first kappa shape index (κ1) is 15.9. The third kappa shape index (κ3) is 3.84. The molecule has 0 saturated carbocycles. The molecule has 3 aromatic rings. The van der Waals surface area contributed by atoms with Gasteiger partial charge in [0.1, 0.15) is 0 Å². The van der Waals surface area contributed by atoms with Gasteiger partial charge >= 0.3 is 6.18 Å². The van der Waals surface area contributed by atoms with Crippen LogP contribution in [0.2, 0.25) is 0 Å². The summed E-state index contributed by atoms with van der Waals surface area (Å²) in [5.74, 6) is 0.318. The summed E-state index contributed by atoms with van der Waals surface area (Å²) in [7, 11) is 0. The topological polar surface area (TPSA) is 37.0 Å². The Kier molecular flexibility index (Phi) is 4.37. The first-order valence-corrected chi connectivity index (χ1v) is 7.24. The summed E-state index contributed by atoms with van der Waals surface area (Å²) in [6.07, 6.45) is -3.63. The molecule has 0 bridgehead atoms. The summed E-state index contributed by atoms with van der Waals surface area (Å²) in [6.45, 7) is 0. The van der Waals surface area contributed by atoms with Gasteiger partial charge in [-0.15, -0.1) is 0 Å². The van der Waals surface area contributed by atoms with E-state index < -0.39 is 11.7 Å². The molecule has 0 spiro atoms. The number of hydrogen-bond acceptors (Lipinski definition) is 3. The predicted octanol–water partition coefficient (Wildman–Crippen LogP) is 5.59. The molecule has 1 heterocycles. The van der Waals surface area contributed by atoms with Crippen molar-refractivity contribution in [2.24, 2.45) is 0 Å². The number of nitrogens with one attached hydrogen (secondary N) is 2. The van der Waals surface area contributed by atoms with Crippen LogP contribution >= 0.6 is 0 Å². The van der Waals surface area contributed by atoms with Crippen molar-refractivity contribution >= 4 is 22.9 Å². The molecule has 0 radical (unpaired) electrons. The van der Waals surface area contributed by atoms with Gasteiger partial charge in [-0.2, -0.15) is 13.2 Å². The van der Waals surface area contributed by atoms with Gasteiger partial charge in [-0.05, 0) is 30.3 Å². The highest BCUT2D eigenvalue weighted by atomic mass is 19.4. The molecule has 2 N–H and O–H groups in total. The van der Waals surface area contributed by atoms with Gasteiger partial charge in [0, 0.05) is 17.6 Å². The Hall–Kier alpha value is -3.02. The van der Waals surface area contributed by atoms with E-state index in [4.69, 9.17) is 0 Å². The second-order valence-electron chi connectivity index (χ2n) is 5.10. The van der Waals surface area contributed by atoms with Crippen LogP contribution in [0.5, 0.6) is 0 Å². The summed E-state index contributed by atoms with van der Waals surface area (Å²) in [4.78, 5) is 3.94. The third-order valence-corrected chi connectivity index (χ3v) is 3.30. The lowest BCUT2D eigenvalue weighted by atomic mass is 10.2. The minimum absolute atomic E-state index is 0.250. The number of pyridine rings is 1. The molecule has 3 rings (SSSR count). The van der Waals surface area contributed by atoms with Crippen LogP contribution in [-0.2, 0) is 6.18 Å². The Morgan fingerprint density at radius 3 is 1.83 bits per heavy atom. The molecule has 0 amide bonds. The van der Waals surface area contributed by atoms with Crippen LogP contribution < -0.4 is 10.6 Å². The Morgan fingerprint density at radius 2 is 1.29 bits per heavy atom. The van der Waals surface area contributed by atoms with Crippen molar-refractivity contribution in [1.82, 2.24) is 4.98 Å². The number of nitrogens with zero attached hydrogens (tertiary/aromatic N) is 1. The van der Waals surface area contributed by atoms with Crippen LogP contribution in [0.15, 0.2) is 72.9 Å². The van der Waals surface area contributed by atoms with Gasteiger partial charge in [-0.1, -0.05) is 36.4 Å². The third-order valence-electron chi connectivity index (χ3n) is 3.30.